The molecule has 0 aromatic rings. The second-order valence-electron chi connectivity index (χ2n) is 17.4. The zero-order valence-corrected chi connectivity index (χ0v) is 40.6. The SMILES string of the molecule is CCCCC/C=C\C/C=C\CCCCCCCCOCC(COP(=O)(O)OCCN)OC(=O)CCCCCCCCCCCCCCCCCCCCCCCCCCC. The van der Waals surface area contributed by atoms with Crippen molar-refractivity contribution in [3.8, 4) is 0 Å². The molecule has 0 rings (SSSR count). The molecule has 0 aromatic carbocycles. The number of rotatable bonds is 50. The molecule has 0 saturated heterocycles. The summed E-state index contributed by atoms with van der Waals surface area (Å²) in [4.78, 5) is 22.6. The van der Waals surface area contributed by atoms with Gasteiger partial charge in [0.2, 0.25) is 0 Å². The zero-order valence-electron chi connectivity index (χ0n) is 39.7. The Balaban J connectivity index is 3.87. The summed E-state index contributed by atoms with van der Waals surface area (Å²) in [5.74, 6) is -0.328. The molecule has 0 spiro atoms. The van der Waals surface area contributed by atoms with Crippen molar-refractivity contribution in [2.45, 2.75) is 264 Å². The van der Waals surface area contributed by atoms with Crippen LogP contribution >= 0.6 is 7.82 Å². The van der Waals surface area contributed by atoms with Crippen molar-refractivity contribution in [2.75, 3.05) is 33.0 Å². The zero-order chi connectivity index (χ0) is 43.7. The van der Waals surface area contributed by atoms with E-state index in [2.05, 4.69) is 38.2 Å². The first-order valence-electron chi connectivity index (χ1n) is 25.8. The predicted molar refractivity (Wildman–Crippen MR) is 257 cm³/mol. The number of unbranched alkanes of at least 4 members (excludes halogenated alkanes) is 33. The number of allylic oxidation sites excluding steroid dienone is 4. The third-order valence-electron chi connectivity index (χ3n) is 11.4. The van der Waals surface area contributed by atoms with Gasteiger partial charge in [-0.3, -0.25) is 13.8 Å². The van der Waals surface area contributed by atoms with Crippen molar-refractivity contribution in [2.24, 2.45) is 5.73 Å². The second kappa shape index (κ2) is 49.0. The molecule has 356 valence electrons. The van der Waals surface area contributed by atoms with Gasteiger partial charge in [0.05, 0.1) is 19.8 Å². The second-order valence-corrected chi connectivity index (χ2v) is 18.8. The minimum Gasteiger partial charge on any atom is -0.457 e. The number of nitrogens with two attached hydrogens (primary N) is 1. The molecule has 2 atom stereocenters. The monoisotopic (exact) mass is 870 g/mol. The lowest BCUT2D eigenvalue weighted by molar-refractivity contribution is -0.154. The summed E-state index contributed by atoms with van der Waals surface area (Å²) in [6, 6.07) is 0. The van der Waals surface area contributed by atoms with Crippen LogP contribution in [0.1, 0.15) is 258 Å². The number of esters is 1. The van der Waals surface area contributed by atoms with Gasteiger partial charge in [-0.25, -0.2) is 4.57 Å². The van der Waals surface area contributed by atoms with Crippen LogP contribution in [0.2, 0.25) is 0 Å². The molecule has 3 N–H and O–H groups in total. The maximum Gasteiger partial charge on any atom is 0.472 e. The minimum atomic E-state index is -4.28. The van der Waals surface area contributed by atoms with E-state index in [0.717, 1.165) is 44.9 Å². The molecule has 0 aliphatic rings. The van der Waals surface area contributed by atoms with E-state index in [9.17, 15) is 14.3 Å². The Labute approximate surface area is 372 Å². The van der Waals surface area contributed by atoms with Crippen molar-refractivity contribution in [1.82, 2.24) is 0 Å². The van der Waals surface area contributed by atoms with E-state index < -0.39 is 13.9 Å². The van der Waals surface area contributed by atoms with Gasteiger partial charge in [0.1, 0.15) is 6.10 Å². The van der Waals surface area contributed by atoms with Crippen LogP contribution in [-0.2, 0) is 27.9 Å². The highest BCUT2D eigenvalue weighted by molar-refractivity contribution is 7.47. The van der Waals surface area contributed by atoms with Crippen molar-refractivity contribution in [3.05, 3.63) is 24.3 Å². The number of carbonyl (C=O) groups is 1. The number of phosphoric acid groups is 1. The van der Waals surface area contributed by atoms with Gasteiger partial charge >= 0.3 is 13.8 Å². The Bertz CT molecular complexity index is 977. The molecule has 0 heterocycles. The molecule has 9 heteroatoms. The summed E-state index contributed by atoms with van der Waals surface area (Å²) in [7, 11) is -4.28. The lowest BCUT2D eigenvalue weighted by Gasteiger charge is -2.20. The van der Waals surface area contributed by atoms with Crippen LogP contribution in [0.4, 0.5) is 0 Å². The van der Waals surface area contributed by atoms with Gasteiger partial charge in [-0.05, 0) is 44.9 Å². The normalized spacial score (nSPS) is 13.5. The molecular weight excluding hydrogens is 770 g/mol. The van der Waals surface area contributed by atoms with Crippen LogP contribution in [0, 0.1) is 0 Å². The minimum absolute atomic E-state index is 0.0954. The van der Waals surface area contributed by atoms with Crippen molar-refractivity contribution in [1.29, 1.82) is 0 Å². The van der Waals surface area contributed by atoms with E-state index in [1.54, 1.807) is 0 Å². The highest BCUT2D eigenvalue weighted by Crippen LogP contribution is 2.43. The van der Waals surface area contributed by atoms with Gasteiger partial charge < -0.3 is 20.1 Å². The van der Waals surface area contributed by atoms with E-state index in [-0.39, 0.29) is 32.3 Å². The van der Waals surface area contributed by atoms with Crippen molar-refractivity contribution in [3.63, 3.8) is 0 Å². The molecule has 0 saturated carbocycles. The summed E-state index contributed by atoms with van der Waals surface area (Å²) >= 11 is 0. The maximum atomic E-state index is 12.7. The predicted octanol–water partition coefficient (Wildman–Crippen LogP) is 16.0. The first kappa shape index (κ1) is 59.0. The maximum absolute atomic E-state index is 12.7. The first-order chi connectivity index (χ1) is 29.4. The smallest absolute Gasteiger partial charge is 0.457 e. The largest absolute Gasteiger partial charge is 0.472 e. The summed E-state index contributed by atoms with van der Waals surface area (Å²) < 4.78 is 33.6. The quantitative estimate of drug-likeness (QED) is 0.0269. The van der Waals surface area contributed by atoms with Gasteiger partial charge in [-0.1, -0.05) is 231 Å². The molecule has 8 nitrogen and oxygen atoms in total. The van der Waals surface area contributed by atoms with E-state index in [4.69, 9.17) is 24.3 Å². The summed E-state index contributed by atoms with van der Waals surface area (Å²) in [5, 5.41) is 0. The fourth-order valence-electron chi connectivity index (χ4n) is 7.56. The molecule has 0 amide bonds. The van der Waals surface area contributed by atoms with Gasteiger partial charge in [-0.2, -0.15) is 0 Å². The average molecular weight is 870 g/mol. The van der Waals surface area contributed by atoms with Crippen LogP contribution in [0.15, 0.2) is 24.3 Å². The van der Waals surface area contributed by atoms with Gasteiger partial charge in [0.25, 0.3) is 0 Å². The Morgan fingerprint density at radius 1 is 0.500 bits per heavy atom. The van der Waals surface area contributed by atoms with E-state index in [0.29, 0.717) is 13.0 Å². The Kier molecular flexibility index (Phi) is 48.2. The fraction of sp³-hybridized carbons (Fsp3) is 0.902. The molecule has 0 radical (unpaired) electrons. The highest BCUT2D eigenvalue weighted by atomic mass is 31.2. The van der Waals surface area contributed by atoms with Gasteiger partial charge in [0.15, 0.2) is 0 Å². The van der Waals surface area contributed by atoms with Crippen LogP contribution in [0.3, 0.4) is 0 Å². The molecule has 0 bridgehead atoms. The van der Waals surface area contributed by atoms with E-state index >= 15 is 0 Å². The number of ether oxygens (including phenoxy) is 2. The topological polar surface area (TPSA) is 117 Å². The van der Waals surface area contributed by atoms with Crippen LogP contribution < -0.4 is 5.73 Å². The number of phosphoric ester groups is 1. The van der Waals surface area contributed by atoms with Gasteiger partial charge in [-0.15, -0.1) is 0 Å². The third kappa shape index (κ3) is 48.0. The number of hydrogen-bond donors (Lipinski definition) is 2. The summed E-state index contributed by atoms with van der Waals surface area (Å²) in [6.07, 6.45) is 56.5. The van der Waals surface area contributed by atoms with Crippen LogP contribution in [0.5, 0.6) is 0 Å². The first-order valence-corrected chi connectivity index (χ1v) is 27.3. The van der Waals surface area contributed by atoms with Crippen LogP contribution in [-0.4, -0.2) is 49.9 Å². The Morgan fingerprint density at radius 3 is 1.33 bits per heavy atom. The van der Waals surface area contributed by atoms with Crippen LogP contribution in [0.25, 0.3) is 0 Å². The van der Waals surface area contributed by atoms with Crippen molar-refractivity contribution < 1.29 is 32.8 Å². The lowest BCUT2D eigenvalue weighted by atomic mass is 10.0. The lowest BCUT2D eigenvalue weighted by Crippen LogP contribution is -2.28. The third-order valence-corrected chi connectivity index (χ3v) is 12.4. The summed E-state index contributed by atoms with van der Waals surface area (Å²) in [5.41, 5.74) is 5.39. The van der Waals surface area contributed by atoms with Crippen molar-refractivity contribution >= 4 is 13.8 Å². The molecule has 0 aromatic heterocycles. The van der Waals surface area contributed by atoms with E-state index in [1.165, 1.54) is 193 Å². The van der Waals surface area contributed by atoms with Gasteiger partial charge in [0, 0.05) is 19.6 Å². The molecule has 0 aliphatic heterocycles. The number of hydrogen-bond acceptors (Lipinski definition) is 7. The molecule has 60 heavy (non-hydrogen) atoms. The number of carbonyl (C=O) groups excluding carboxylic acids is 1. The van der Waals surface area contributed by atoms with E-state index in [1.807, 2.05) is 0 Å². The fourth-order valence-corrected chi connectivity index (χ4v) is 8.32. The Hall–Kier alpha value is -1.02. The summed E-state index contributed by atoms with van der Waals surface area (Å²) in [6.45, 7) is 4.92. The standard InChI is InChI=1S/C51H100NO7P/c1-3-5-7-9-11-13-15-17-19-21-22-23-24-25-26-27-28-29-30-32-34-36-38-40-42-44-51(53)59-50(49-58-60(54,55)57-47-45-52)48-56-46-43-41-39-37-35-33-31-20-18-16-14-12-10-8-6-4-2/h12,14,18,20,50H,3-11,13,15-17,19,21-49,52H2,1-2H3,(H,54,55)/b14-12-,20-18-. The molecular formula is C51H100NO7P. The Morgan fingerprint density at radius 2 is 0.883 bits per heavy atom. The molecule has 0 aliphatic carbocycles. The highest BCUT2D eigenvalue weighted by Gasteiger charge is 2.25. The molecule has 2 unspecified atom stereocenters. The average Bonchev–Trinajstić information content (AvgIpc) is 3.24. The molecule has 0 fully saturated rings.